The predicted molar refractivity (Wildman–Crippen MR) is 66.5 cm³/mol. The third-order valence-corrected chi connectivity index (χ3v) is 3.44. The van der Waals surface area contributed by atoms with E-state index in [0.29, 0.717) is 0 Å². The molecule has 0 spiro atoms. The van der Waals surface area contributed by atoms with Crippen molar-refractivity contribution in [1.29, 1.82) is 0 Å². The van der Waals surface area contributed by atoms with Crippen LogP contribution in [0.15, 0.2) is 36.9 Å². The van der Waals surface area contributed by atoms with Crippen molar-refractivity contribution in [1.82, 2.24) is 5.06 Å². The first-order valence-corrected chi connectivity index (χ1v) is 6.07. The highest BCUT2D eigenvalue weighted by Gasteiger charge is 2.51. The Morgan fingerprint density at radius 2 is 1.80 bits per heavy atom. The number of benzene rings is 1. The lowest BCUT2D eigenvalue weighted by atomic mass is 10.0. The number of hydrogen-bond acceptors (Lipinski definition) is 5. The van der Waals surface area contributed by atoms with Crippen LogP contribution in [0.2, 0.25) is 0 Å². The molecule has 0 saturated carbocycles. The van der Waals surface area contributed by atoms with Gasteiger partial charge in [0.25, 0.3) is 0 Å². The second-order valence-corrected chi connectivity index (χ2v) is 4.56. The first-order chi connectivity index (χ1) is 9.57. The molecule has 0 N–H and O–H groups in total. The summed E-state index contributed by atoms with van der Waals surface area (Å²) in [7, 11) is 0. The topological polar surface area (TPSA) is 72.9 Å². The number of nitrogens with zero attached hydrogens (tertiary/aromatic N) is 1. The van der Waals surface area contributed by atoms with Crippen LogP contribution in [0.1, 0.15) is 27.1 Å². The largest absolute Gasteiger partial charge is 0.441 e. The molecule has 102 valence electrons. The molecule has 2 bridgehead atoms. The van der Waals surface area contributed by atoms with E-state index >= 15 is 0 Å². The summed E-state index contributed by atoms with van der Waals surface area (Å²) in [6, 6.07) is 6.11. The SMILES string of the molecule is C=CC12CCN(OC(=O)c3ccccc3C(=O)O1)C2=O. The lowest BCUT2D eigenvalue weighted by molar-refractivity contribution is -0.168. The maximum absolute atomic E-state index is 12.2. The fourth-order valence-corrected chi connectivity index (χ4v) is 2.31. The normalized spacial score (nSPS) is 25.0. The van der Waals surface area contributed by atoms with Gasteiger partial charge in [-0.05, 0) is 18.2 Å². The molecule has 1 amide bonds. The molecule has 2 aliphatic rings. The van der Waals surface area contributed by atoms with Crippen molar-refractivity contribution >= 4 is 17.8 Å². The Labute approximate surface area is 114 Å². The van der Waals surface area contributed by atoms with Crippen LogP contribution in [0.3, 0.4) is 0 Å². The molecule has 1 atom stereocenters. The number of esters is 1. The number of carbonyl (C=O) groups excluding carboxylic acids is 3. The monoisotopic (exact) mass is 273 g/mol. The fraction of sp³-hybridized carbons (Fsp3) is 0.214. The highest BCUT2D eigenvalue weighted by molar-refractivity contribution is 6.06. The zero-order chi connectivity index (χ0) is 14.3. The van der Waals surface area contributed by atoms with Crippen molar-refractivity contribution in [2.75, 3.05) is 6.54 Å². The highest BCUT2D eigenvalue weighted by Crippen LogP contribution is 2.32. The maximum atomic E-state index is 12.2. The van der Waals surface area contributed by atoms with Crippen molar-refractivity contribution in [3.8, 4) is 0 Å². The lowest BCUT2D eigenvalue weighted by Gasteiger charge is -2.22. The van der Waals surface area contributed by atoms with E-state index in [0.717, 1.165) is 5.06 Å². The Balaban J connectivity index is 2.14. The van der Waals surface area contributed by atoms with Crippen molar-refractivity contribution in [3.63, 3.8) is 0 Å². The van der Waals surface area contributed by atoms with Gasteiger partial charge in [0, 0.05) is 6.42 Å². The molecule has 1 unspecified atom stereocenters. The van der Waals surface area contributed by atoms with Gasteiger partial charge in [0.05, 0.1) is 17.7 Å². The van der Waals surface area contributed by atoms with Crippen molar-refractivity contribution in [2.24, 2.45) is 0 Å². The van der Waals surface area contributed by atoms with Crippen molar-refractivity contribution in [3.05, 3.63) is 48.0 Å². The van der Waals surface area contributed by atoms with Crippen LogP contribution in [-0.2, 0) is 14.4 Å². The summed E-state index contributed by atoms with van der Waals surface area (Å²) in [6.07, 6.45) is 1.48. The van der Waals surface area contributed by atoms with E-state index in [9.17, 15) is 14.4 Å². The van der Waals surface area contributed by atoms with Gasteiger partial charge in [0.1, 0.15) is 0 Å². The summed E-state index contributed by atoms with van der Waals surface area (Å²) in [5.41, 5.74) is -1.33. The Bertz CT molecular complexity index is 638. The van der Waals surface area contributed by atoms with E-state index in [1.165, 1.54) is 18.2 Å². The van der Waals surface area contributed by atoms with Crippen LogP contribution in [0, 0.1) is 0 Å². The van der Waals surface area contributed by atoms with Gasteiger partial charge < -0.3 is 9.57 Å². The van der Waals surface area contributed by atoms with Crippen LogP contribution in [-0.4, -0.2) is 35.1 Å². The molecule has 1 fully saturated rings. The first-order valence-electron chi connectivity index (χ1n) is 6.07. The van der Waals surface area contributed by atoms with Gasteiger partial charge in [-0.1, -0.05) is 18.7 Å². The number of carbonyl (C=O) groups is 3. The molecular weight excluding hydrogens is 262 g/mol. The summed E-state index contributed by atoms with van der Waals surface area (Å²) in [6.45, 7) is 3.71. The summed E-state index contributed by atoms with van der Waals surface area (Å²) < 4.78 is 5.31. The smallest absolute Gasteiger partial charge is 0.364 e. The fourth-order valence-electron chi connectivity index (χ4n) is 2.31. The third kappa shape index (κ3) is 1.61. The minimum absolute atomic E-state index is 0.0667. The van der Waals surface area contributed by atoms with Crippen LogP contribution in [0.5, 0.6) is 0 Å². The molecule has 2 aliphatic heterocycles. The standard InChI is InChI=1S/C14H11NO5/c1-2-14-7-8-15(13(14)18)20-12(17)10-6-4-3-5-9(10)11(16)19-14/h2-6H,1,7-8H2. The summed E-state index contributed by atoms with van der Waals surface area (Å²) in [4.78, 5) is 41.5. The zero-order valence-electron chi connectivity index (χ0n) is 10.5. The summed E-state index contributed by atoms with van der Waals surface area (Å²) in [5.74, 6) is -2.09. The summed E-state index contributed by atoms with van der Waals surface area (Å²) >= 11 is 0. The maximum Gasteiger partial charge on any atom is 0.364 e. The molecular formula is C14H11NO5. The number of ether oxygens (including phenoxy) is 1. The van der Waals surface area contributed by atoms with Gasteiger partial charge in [0.2, 0.25) is 5.60 Å². The summed E-state index contributed by atoms with van der Waals surface area (Å²) in [5, 5.41) is 0.916. The molecule has 6 nitrogen and oxygen atoms in total. The number of rotatable bonds is 1. The number of hydrogen-bond donors (Lipinski definition) is 0. The van der Waals surface area contributed by atoms with Crippen LogP contribution in [0.4, 0.5) is 0 Å². The minimum atomic E-state index is -1.46. The third-order valence-electron chi connectivity index (χ3n) is 3.44. The lowest BCUT2D eigenvalue weighted by Crippen LogP contribution is -2.41. The van der Waals surface area contributed by atoms with E-state index in [1.54, 1.807) is 12.1 Å². The van der Waals surface area contributed by atoms with Gasteiger partial charge in [-0.2, -0.15) is 5.06 Å². The minimum Gasteiger partial charge on any atom is -0.441 e. The number of hydroxylamine groups is 2. The van der Waals surface area contributed by atoms with E-state index in [2.05, 4.69) is 6.58 Å². The van der Waals surface area contributed by atoms with Crippen LogP contribution < -0.4 is 0 Å². The Morgan fingerprint density at radius 1 is 1.15 bits per heavy atom. The molecule has 2 heterocycles. The quantitative estimate of drug-likeness (QED) is 0.565. The van der Waals surface area contributed by atoms with E-state index in [1.807, 2.05) is 0 Å². The molecule has 1 aromatic rings. The average molecular weight is 273 g/mol. The molecule has 3 rings (SSSR count). The van der Waals surface area contributed by atoms with Gasteiger partial charge in [-0.3, -0.25) is 4.79 Å². The van der Waals surface area contributed by atoms with Gasteiger partial charge in [-0.25, -0.2) is 9.59 Å². The highest BCUT2D eigenvalue weighted by atomic mass is 16.7. The number of amides is 1. The molecule has 6 heteroatoms. The van der Waals surface area contributed by atoms with Gasteiger partial charge >= 0.3 is 17.8 Å². The molecule has 1 aromatic carbocycles. The van der Waals surface area contributed by atoms with Crippen molar-refractivity contribution < 1.29 is 24.0 Å². The van der Waals surface area contributed by atoms with Gasteiger partial charge in [0.15, 0.2) is 0 Å². The predicted octanol–water partition coefficient (Wildman–Crippen LogP) is 1.09. The molecule has 0 aromatic heterocycles. The van der Waals surface area contributed by atoms with E-state index < -0.39 is 23.4 Å². The zero-order valence-corrected chi connectivity index (χ0v) is 10.5. The Hall–Kier alpha value is -2.63. The number of fused-ring (bicyclic) bond motifs is 3. The Morgan fingerprint density at radius 3 is 2.45 bits per heavy atom. The second kappa shape index (κ2) is 4.19. The second-order valence-electron chi connectivity index (χ2n) is 4.56. The molecule has 0 aliphatic carbocycles. The molecule has 20 heavy (non-hydrogen) atoms. The molecule has 0 radical (unpaired) electrons. The van der Waals surface area contributed by atoms with Crippen LogP contribution in [0.25, 0.3) is 0 Å². The first kappa shape index (κ1) is 12.4. The van der Waals surface area contributed by atoms with Crippen LogP contribution >= 0.6 is 0 Å². The van der Waals surface area contributed by atoms with E-state index in [4.69, 9.17) is 9.57 Å². The van der Waals surface area contributed by atoms with Crippen molar-refractivity contribution in [2.45, 2.75) is 12.0 Å². The average Bonchev–Trinajstić information content (AvgIpc) is 2.77. The van der Waals surface area contributed by atoms with Gasteiger partial charge in [-0.15, -0.1) is 0 Å². The molecule has 1 saturated heterocycles. The Kier molecular flexibility index (Phi) is 2.60. The van der Waals surface area contributed by atoms with E-state index in [-0.39, 0.29) is 24.1 Å².